The van der Waals surface area contributed by atoms with Crippen molar-refractivity contribution < 1.29 is 17.9 Å². The first kappa shape index (κ1) is 15.1. The van der Waals surface area contributed by atoms with Crippen molar-refractivity contribution in [3.8, 4) is 0 Å². The van der Waals surface area contributed by atoms with E-state index in [4.69, 9.17) is 0 Å². The van der Waals surface area contributed by atoms with Crippen LogP contribution >= 0.6 is 0 Å². The fraction of sp³-hybridized carbons (Fsp3) is 0.133. The normalized spacial score (nSPS) is 11.0. The minimum absolute atomic E-state index is 0.185. The number of sulfonamides is 1. The van der Waals surface area contributed by atoms with Crippen LogP contribution in [0, 0.1) is 6.92 Å². The van der Waals surface area contributed by atoms with Gasteiger partial charge in [-0.15, -0.1) is 0 Å². The first-order chi connectivity index (χ1) is 9.92. The summed E-state index contributed by atoms with van der Waals surface area (Å²) in [4.78, 5) is 11.5. The molecular formula is C15H15NO4S. The average molecular weight is 305 g/mol. The van der Waals surface area contributed by atoms with E-state index in [0.717, 1.165) is 5.56 Å². The van der Waals surface area contributed by atoms with Crippen LogP contribution in [0.2, 0.25) is 0 Å². The van der Waals surface area contributed by atoms with E-state index in [1.54, 1.807) is 24.3 Å². The van der Waals surface area contributed by atoms with Gasteiger partial charge < -0.3 is 4.74 Å². The second-order valence-corrected chi connectivity index (χ2v) is 6.17. The van der Waals surface area contributed by atoms with Crippen molar-refractivity contribution in [3.63, 3.8) is 0 Å². The Morgan fingerprint density at radius 1 is 1.00 bits per heavy atom. The Labute approximate surface area is 123 Å². The van der Waals surface area contributed by atoms with Crippen molar-refractivity contribution in [2.75, 3.05) is 11.8 Å². The molecule has 0 amide bonds. The van der Waals surface area contributed by atoms with Crippen LogP contribution in [-0.4, -0.2) is 21.5 Å². The molecule has 0 heterocycles. The minimum atomic E-state index is -3.63. The van der Waals surface area contributed by atoms with Gasteiger partial charge in [0.25, 0.3) is 10.0 Å². The number of carbonyl (C=O) groups excluding carboxylic acids is 1. The van der Waals surface area contributed by atoms with E-state index in [0.29, 0.717) is 11.3 Å². The van der Waals surface area contributed by atoms with Gasteiger partial charge in [0.2, 0.25) is 0 Å². The lowest BCUT2D eigenvalue weighted by Crippen LogP contribution is -2.13. The third kappa shape index (κ3) is 3.61. The van der Waals surface area contributed by atoms with E-state index in [1.165, 1.54) is 31.4 Å². The molecule has 0 aliphatic heterocycles. The molecule has 0 bridgehead atoms. The molecule has 0 fully saturated rings. The van der Waals surface area contributed by atoms with Crippen LogP contribution in [0.1, 0.15) is 15.9 Å². The zero-order valence-electron chi connectivity index (χ0n) is 11.7. The molecule has 0 spiro atoms. The van der Waals surface area contributed by atoms with Crippen molar-refractivity contribution in [2.24, 2.45) is 0 Å². The van der Waals surface area contributed by atoms with Gasteiger partial charge in [0, 0.05) is 5.69 Å². The standard InChI is InChI=1S/C15H15NO4S/c1-11-3-9-14(10-4-11)21(18,19)16-13-7-5-12(6-8-13)15(17)20-2/h3-10,16H,1-2H3. The molecule has 0 unspecified atom stereocenters. The molecule has 0 atom stereocenters. The highest BCUT2D eigenvalue weighted by atomic mass is 32.2. The first-order valence-electron chi connectivity index (χ1n) is 6.20. The fourth-order valence-corrected chi connectivity index (χ4v) is 2.78. The Bertz CT molecular complexity index is 734. The summed E-state index contributed by atoms with van der Waals surface area (Å²) in [6.07, 6.45) is 0. The number of hydrogen-bond acceptors (Lipinski definition) is 4. The largest absolute Gasteiger partial charge is 0.465 e. The molecule has 0 aliphatic rings. The molecule has 2 rings (SSSR count). The summed E-state index contributed by atoms with van der Waals surface area (Å²) in [5.41, 5.74) is 1.72. The van der Waals surface area contributed by atoms with Gasteiger partial charge in [-0.3, -0.25) is 4.72 Å². The van der Waals surface area contributed by atoms with Gasteiger partial charge in [0.05, 0.1) is 17.6 Å². The Kier molecular flexibility index (Phi) is 4.28. The van der Waals surface area contributed by atoms with Crippen LogP contribution in [0.25, 0.3) is 0 Å². The minimum Gasteiger partial charge on any atom is -0.465 e. The zero-order valence-corrected chi connectivity index (χ0v) is 12.5. The second kappa shape index (κ2) is 5.97. The molecule has 0 aromatic heterocycles. The van der Waals surface area contributed by atoms with Gasteiger partial charge in [-0.05, 0) is 43.3 Å². The molecule has 0 saturated heterocycles. The number of rotatable bonds is 4. The predicted molar refractivity (Wildman–Crippen MR) is 79.8 cm³/mol. The Balaban J connectivity index is 2.20. The fourth-order valence-electron chi connectivity index (χ4n) is 1.72. The van der Waals surface area contributed by atoms with E-state index in [1.807, 2.05) is 6.92 Å². The first-order valence-corrected chi connectivity index (χ1v) is 7.68. The van der Waals surface area contributed by atoms with Gasteiger partial charge in [0.1, 0.15) is 0 Å². The lowest BCUT2D eigenvalue weighted by Gasteiger charge is -2.08. The SMILES string of the molecule is COC(=O)c1ccc(NS(=O)(=O)c2ccc(C)cc2)cc1. The molecule has 0 saturated carbocycles. The highest BCUT2D eigenvalue weighted by Gasteiger charge is 2.14. The maximum absolute atomic E-state index is 12.2. The van der Waals surface area contributed by atoms with Gasteiger partial charge in [-0.2, -0.15) is 0 Å². The van der Waals surface area contributed by atoms with Gasteiger partial charge >= 0.3 is 5.97 Å². The summed E-state index contributed by atoms with van der Waals surface area (Å²) < 4.78 is 31.4. The molecule has 0 aliphatic carbocycles. The number of anilines is 1. The van der Waals surface area contributed by atoms with Crippen molar-refractivity contribution in [3.05, 3.63) is 59.7 Å². The van der Waals surface area contributed by atoms with E-state index in [-0.39, 0.29) is 4.90 Å². The van der Waals surface area contributed by atoms with Crippen LogP contribution in [0.5, 0.6) is 0 Å². The molecule has 5 nitrogen and oxygen atoms in total. The number of aryl methyl sites for hydroxylation is 1. The number of ether oxygens (including phenoxy) is 1. The molecule has 0 radical (unpaired) electrons. The van der Waals surface area contributed by atoms with Crippen LogP contribution in [0.15, 0.2) is 53.4 Å². The van der Waals surface area contributed by atoms with Crippen molar-refractivity contribution in [1.82, 2.24) is 0 Å². The maximum atomic E-state index is 12.2. The molecule has 2 aromatic rings. The number of esters is 1. The van der Waals surface area contributed by atoms with Crippen LogP contribution in [0.3, 0.4) is 0 Å². The quantitative estimate of drug-likeness (QED) is 0.881. The Morgan fingerprint density at radius 2 is 1.57 bits per heavy atom. The smallest absolute Gasteiger partial charge is 0.337 e. The molecule has 110 valence electrons. The summed E-state index contributed by atoms with van der Waals surface area (Å²) >= 11 is 0. The summed E-state index contributed by atoms with van der Waals surface area (Å²) in [5.74, 6) is -0.469. The zero-order chi connectivity index (χ0) is 15.5. The highest BCUT2D eigenvalue weighted by Crippen LogP contribution is 2.17. The molecule has 6 heteroatoms. The van der Waals surface area contributed by atoms with E-state index >= 15 is 0 Å². The number of carbonyl (C=O) groups is 1. The van der Waals surface area contributed by atoms with Gasteiger partial charge in [0.15, 0.2) is 0 Å². The monoisotopic (exact) mass is 305 g/mol. The third-order valence-electron chi connectivity index (χ3n) is 2.89. The van der Waals surface area contributed by atoms with Crippen LogP contribution in [-0.2, 0) is 14.8 Å². The van der Waals surface area contributed by atoms with E-state index in [9.17, 15) is 13.2 Å². The van der Waals surface area contributed by atoms with Crippen molar-refractivity contribution in [1.29, 1.82) is 0 Å². The van der Waals surface area contributed by atoms with E-state index in [2.05, 4.69) is 9.46 Å². The Morgan fingerprint density at radius 3 is 2.10 bits per heavy atom. The summed E-state index contributed by atoms with van der Waals surface area (Å²) in [6.45, 7) is 1.88. The summed E-state index contributed by atoms with van der Waals surface area (Å²) in [6, 6.07) is 12.6. The lowest BCUT2D eigenvalue weighted by molar-refractivity contribution is 0.0601. The molecule has 21 heavy (non-hydrogen) atoms. The van der Waals surface area contributed by atoms with Gasteiger partial charge in [-0.25, -0.2) is 13.2 Å². The topological polar surface area (TPSA) is 72.5 Å². The molecular weight excluding hydrogens is 290 g/mol. The number of nitrogens with one attached hydrogen (secondary N) is 1. The highest BCUT2D eigenvalue weighted by molar-refractivity contribution is 7.92. The summed E-state index contributed by atoms with van der Waals surface area (Å²) in [7, 11) is -2.35. The summed E-state index contributed by atoms with van der Waals surface area (Å²) in [5, 5.41) is 0. The van der Waals surface area contributed by atoms with Crippen molar-refractivity contribution in [2.45, 2.75) is 11.8 Å². The van der Waals surface area contributed by atoms with Crippen LogP contribution in [0.4, 0.5) is 5.69 Å². The van der Waals surface area contributed by atoms with E-state index < -0.39 is 16.0 Å². The van der Waals surface area contributed by atoms with Crippen molar-refractivity contribution >= 4 is 21.7 Å². The average Bonchev–Trinajstić information content (AvgIpc) is 2.47. The Hall–Kier alpha value is -2.34. The lowest BCUT2D eigenvalue weighted by atomic mass is 10.2. The molecule has 1 N–H and O–H groups in total. The number of methoxy groups -OCH3 is 1. The predicted octanol–water partition coefficient (Wildman–Crippen LogP) is 2.58. The number of benzene rings is 2. The van der Waals surface area contributed by atoms with Crippen LogP contribution < -0.4 is 4.72 Å². The maximum Gasteiger partial charge on any atom is 0.337 e. The third-order valence-corrected chi connectivity index (χ3v) is 4.29. The number of hydrogen-bond donors (Lipinski definition) is 1. The second-order valence-electron chi connectivity index (χ2n) is 4.49. The molecule has 2 aromatic carbocycles. The van der Waals surface area contributed by atoms with Gasteiger partial charge in [-0.1, -0.05) is 17.7 Å².